The molecule has 1 fully saturated rings. The smallest absolute Gasteiger partial charge is 0.227 e. The average molecular weight is 390 g/mol. The molecule has 0 aliphatic carbocycles. The molecule has 0 spiro atoms. The van der Waals surface area contributed by atoms with Gasteiger partial charge in [0.1, 0.15) is 12.4 Å². The molecule has 0 atom stereocenters. The van der Waals surface area contributed by atoms with Gasteiger partial charge in [-0.15, -0.1) is 0 Å². The summed E-state index contributed by atoms with van der Waals surface area (Å²) in [6, 6.07) is 15.0. The number of thiocarbonyl (C=S) groups is 1. The number of nitrogens with zero attached hydrogens (tertiary/aromatic N) is 1. The zero-order valence-electron chi connectivity index (χ0n) is 14.2. The molecule has 0 aromatic heterocycles. The fourth-order valence-corrected chi connectivity index (χ4v) is 3.12. The Labute approximate surface area is 163 Å². The number of amides is 1. The fourth-order valence-electron chi connectivity index (χ4n) is 2.71. The van der Waals surface area contributed by atoms with Crippen molar-refractivity contribution in [1.29, 1.82) is 0 Å². The highest BCUT2D eigenvalue weighted by molar-refractivity contribution is 7.80. The Kier molecular flexibility index (Phi) is 6.30. The van der Waals surface area contributed by atoms with Gasteiger partial charge < -0.3 is 20.3 Å². The lowest BCUT2D eigenvalue weighted by Crippen LogP contribution is -2.32. The van der Waals surface area contributed by atoms with Crippen LogP contribution in [0.15, 0.2) is 48.5 Å². The summed E-state index contributed by atoms with van der Waals surface area (Å²) >= 11 is 11.3. The van der Waals surface area contributed by atoms with Crippen molar-refractivity contribution in [1.82, 2.24) is 5.32 Å². The second kappa shape index (κ2) is 8.87. The van der Waals surface area contributed by atoms with Crippen molar-refractivity contribution in [2.75, 3.05) is 29.9 Å². The maximum absolute atomic E-state index is 11.8. The highest BCUT2D eigenvalue weighted by atomic mass is 35.5. The Morgan fingerprint density at radius 1 is 1.19 bits per heavy atom. The molecule has 5 nitrogen and oxygen atoms in total. The Balaban J connectivity index is 1.42. The summed E-state index contributed by atoms with van der Waals surface area (Å²) in [6.07, 6.45) is 1.55. The van der Waals surface area contributed by atoms with Crippen LogP contribution >= 0.6 is 23.8 Å². The molecular weight excluding hydrogens is 370 g/mol. The molecule has 136 valence electrons. The van der Waals surface area contributed by atoms with E-state index in [0.29, 0.717) is 35.5 Å². The number of benzene rings is 2. The molecule has 3 rings (SSSR count). The Morgan fingerprint density at radius 3 is 2.65 bits per heavy atom. The lowest BCUT2D eigenvalue weighted by molar-refractivity contribution is -0.117. The number of ether oxygens (including phenoxy) is 1. The van der Waals surface area contributed by atoms with Crippen LogP contribution in [-0.4, -0.2) is 30.7 Å². The minimum atomic E-state index is 0.182. The van der Waals surface area contributed by atoms with Crippen LogP contribution in [0.3, 0.4) is 0 Å². The van der Waals surface area contributed by atoms with E-state index in [1.165, 1.54) is 0 Å². The Morgan fingerprint density at radius 2 is 1.96 bits per heavy atom. The van der Waals surface area contributed by atoms with Crippen molar-refractivity contribution in [3.8, 4) is 5.75 Å². The second-order valence-corrected chi connectivity index (χ2v) is 6.67. The summed E-state index contributed by atoms with van der Waals surface area (Å²) in [7, 11) is 0. The molecule has 1 aliphatic heterocycles. The highest BCUT2D eigenvalue weighted by Crippen LogP contribution is 2.23. The summed E-state index contributed by atoms with van der Waals surface area (Å²) < 4.78 is 5.60. The normalized spacial score (nSPS) is 13.6. The first kappa shape index (κ1) is 18.5. The van der Waals surface area contributed by atoms with E-state index in [0.717, 1.165) is 24.3 Å². The Hall–Kier alpha value is -2.31. The Bertz CT molecular complexity index is 783. The first-order valence-electron chi connectivity index (χ1n) is 8.46. The van der Waals surface area contributed by atoms with Crippen LogP contribution in [0, 0.1) is 0 Å². The monoisotopic (exact) mass is 389 g/mol. The van der Waals surface area contributed by atoms with Crippen molar-refractivity contribution in [2.45, 2.75) is 12.8 Å². The zero-order valence-corrected chi connectivity index (χ0v) is 15.8. The third-order valence-electron chi connectivity index (χ3n) is 3.99. The van der Waals surface area contributed by atoms with E-state index in [1.807, 2.05) is 47.4 Å². The van der Waals surface area contributed by atoms with Gasteiger partial charge in [-0.05, 0) is 55.0 Å². The van der Waals surface area contributed by atoms with Crippen LogP contribution < -0.4 is 20.3 Å². The molecule has 1 aliphatic rings. The number of hydrogen-bond acceptors (Lipinski definition) is 3. The summed E-state index contributed by atoms with van der Waals surface area (Å²) in [6.45, 7) is 1.79. The third-order valence-corrected chi connectivity index (χ3v) is 4.55. The number of para-hydroxylation sites is 1. The minimum Gasteiger partial charge on any atom is -0.490 e. The first-order valence-corrected chi connectivity index (χ1v) is 9.25. The lowest BCUT2D eigenvalue weighted by Gasteiger charge is -2.16. The number of hydrogen-bond donors (Lipinski definition) is 2. The molecule has 2 aromatic rings. The standard InChI is InChI=1S/C19H20ClN3O2S/c20-16-4-1-2-5-17(16)25-13-11-21-19(26)22-14-7-9-15(10-8-14)23-12-3-6-18(23)24/h1-2,4-5,7-10H,3,6,11-13H2,(H2,21,22,26). The molecule has 0 saturated carbocycles. The van der Waals surface area contributed by atoms with E-state index in [2.05, 4.69) is 10.6 Å². The molecule has 1 amide bonds. The largest absolute Gasteiger partial charge is 0.490 e. The van der Waals surface area contributed by atoms with E-state index in [1.54, 1.807) is 6.07 Å². The van der Waals surface area contributed by atoms with Gasteiger partial charge in [-0.3, -0.25) is 4.79 Å². The van der Waals surface area contributed by atoms with Crippen molar-refractivity contribution in [2.24, 2.45) is 0 Å². The van der Waals surface area contributed by atoms with Gasteiger partial charge in [-0.25, -0.2) is 0 Å². The van der Waals surface area contributed by atoms with E-state index in [-0.39, 0.29) is 5.91 Å². The van der Waals surface area contributed by atoms with Crippen LogP contribution in [0.2, 0.25) is 5.02 Å². The number of carbonyl (C=O) groups is 1. The quantitative estimate of drug-likeness (QED) is 0.581. The van der Waals surface area contributed by atoms with Gasteiger partial charge in [0.25, 0.3) is 0 Å². The minimum absolute atomic E-state index is 0.182. The molecule has 0 bridgehead atoms. The number of rotatable bonds is 6. The van der Waals surface area contributed by atoms with Gasteiger partial charge in [-0.1, -0.05) is 23.7 Å². The van der Waals surface area contributed by atoms with E-state index in [9.17, 15) is 4.79 Å². The van der Waals surface area contributed by atoms with Gasteiger partial charge in [0, 0.05) is 24.3 Å². The van der Waals surface area contributed by atoms with Gasteiger partial charge in [0.2, 0.25) is 5.91 Å². The molecule has 2 aromatic carbocycles. The molecular formula is C19H20ClN3O2S. The van der Waals surface area contributed by atoms with E-state index >= 15 is 0 Å². The van der Waals surface area contributed by atoms with Crippen molar-refractivity contribution in [3.05, 3.63) is 53.6 Å². The predicted molar refractivity (Wildman–Crippen MR) is 109 cm³/mol. The highest BCUT2D eigenvalue weighted by Gasteiger charge is 2.21. The predicted octanol–water partition coefficient (Wildman–Crippen LogP) is 3.83. The maximum Gasteiger partial charge on any atom is 0.227 e. The van der Waals surface area contributed by atoms with Crippen LogP contribution in [-0.2, 0) is 4.79 Å². The van der Waals surface area contributed by atoms with E-state index in [4.69, 9.17) is 28.6 Å². The number of anilines is 2. The van der Waals surface area contributed by atoms with Crippen LogP contribution in [0.4, 0.5) is 11.4 Å². The lowest BCUT2D eigenvalue weighted by atomic mass is 10.2. The number of nitrogens with one attached hydrogen (secondary N) is 2. The molecule has 0 unspecified atom stereocenters. The first-order chi connectivity index (χ1) is 12.6. The topological polar surface area (TPSA) is 53.6 Å². The van der Waals surface area contributed by atoms with E-state index < -0.39 is 0 Å². The molecule has 26 heavy (non-hydrogen) atoms. The SMILES string of the molecule is O=C1CCCN1c1ccc(NC(=S)NCCOc2ccccc2Cl)cc1. The molecule has 1 saturated heterocycles. The third kappa shape index (κ3) is 4.86. The van der Waals surface area contributed by atoms with Gasteiger partial charge in [0.15, 0.2) is 5.11 Å². The summed E-state index contributed by atoms with van der Waals surface area (Å²) in [5.41, 5.74) is 1.79. The van der Waals surface area contributed by atoms with Crippen LogP contribution in [0.25, 0.3) is 0 Å². The number of halogens is 1. The summed E-state index contributed by atoms with van der Waals surface area (Å²) in [4.78, 5) is 13.6. The fraction of sp³-hybridized carbons (Fsp3) is 0.263. The van der Waals surface area contributed by atoms with Gasteiger partial charge in [-0.2, -0.15) is 0 Å². The van der Waals surface area contributed by atoms with Crippen LogP contribution in [0.5, 0.6) is 5.75 Å². The van der Waals surface area contributed by atoms with Crippen LogP contribution in [0.1, 0.15) is 12.8 Å². The van der Waals surface area contributed by atoms with Gasteiger partial charge >= 0.3 is 0 Å². The van der Waals surface area contributed by atoms with Crippen molar-refractivity contribution < 1.29 is 9.53 Å². The molecule has 0 radical (unpaired) electrons. The maximum atomic E-state index is 11.8. The molecule has 1 heterocycles. The van der Waals surface area contributed by atoms with Gasteiger partial charge in [0.05, 0.1) is 11.6 Å². The molecule has 2 N–H and O–H groups in total. The van der Waals surface area contributed by atoms with Crippen molar-refractivity contribution in [3.63, 3.8) is 0 Å². The summed E-state index contributed by atoms with van der Waals surface area (Å²) in [5, 5.41) is 7.30. The summed E-state index contributed by atoms with van der Waals surface area (Å²) in [5.74, 6) is 0.836. The number of carbonyl (C=O) groups excluding carboxylic acids is 1. The molecule has 7 heteroatoms. The average Bonchev–Trinajstić information content (AvgIpc) is 3.07. The van der Waals surface area contributed by atoms with Crippen molar-refractivity contribution >= 4 is 46.2 Å². The second-order valence-electron chi connectivity index (χ2n) is 5.86. The zero-order chi connectivity index (χ0) is 18.4.